The average molecular weight is 372 g/mol. The number of hydrogen-bond donors (Lipinski definition) is 1. The van der Waals surface area contributed by atoms with Crippen molar-refractivity contribution in [3.05, 3.63) is 52.7 Å². The third kappa shape index (κ3) is 3.79. The van der Waals surface area contributed by atoms with Crippen LogP contribution in [-0.2, 0) is 12.8 Å². The number of amides is 2. The van der Waals surface area contributed by atoms with E-state index in [0.717, 1.165) is 6.07 Å². The van der Waals surface area contributed by atoms with Gasteiger partial charge in [0.25, 0.3) is 0 Å². The Hall–Kier alpha value is -2.48. The fourth-order valence-electron chi connectivity index (χ4n) is 2.43. The number of halogens is 4. The molecule has 0 bridgehead atoms. The van der Waals surface area contributed by atoms with Gasteiger partial charge < -0.3 is 10.1 Å². The van der Waals surface area contributed by atoms with E-state index in [0.29, 0.717) is 18.9 Å². The van der Waals surface area contributed by atoms with Crippen LogP contribution >= 0.6 is 11.6 Å². The molecule has 9 heteroatoms. The summed E-state index contributed by atoms with van der Waals surface area (Å²) in [5, 5.41) is 2.63. The highest BCUT2D eigenvalue weighted by molar-refractivity contribution is 6.31. The molecule has 0 saturated carbocycles. The molecule has 25 heavy (non-hydrogen) atoms. The quantitative estimate of drug-likeness (QED) is 0.887. The molecule has 0 atom stereocenters. The SMILES string of the molecule is O=C1NCCN1c1ccc(OCc2c(Cl)cccc2C(F)(F)F)cn1. The van der Waals surface area contributed by atoms with E-state index in [1.165, 1.54) is 29.3 Å². The zero-order chi connectivity index (χ0) is 18.0. The van der Waals surface area contributed by atoms with E-state index in [-0.39, 0.29) is 29.0 Å². The normalized spacial score (nSPS) is 14.6. The monoisotopic (exact) mass is 371 g/mol. The minimum absolute atomic E-state index is 0.0202. The molecule has 1 N–H and O–H groups in total. The number of ether oxygens (including phenoxy) is 1. The summed E-state index contributed by atoms with van der Waals surface area (Å²) in [7, 11) is 0. The molecule has 2 heterocycles. The van der Waals surface area contributed by atoms with Crippen LogP contribution in [0, 0.1) is 0 Å². The number of pyridine rings is 1. The molecule has 1 saturated heterocycles. The van der Waals surface area contributed by atoms with Crippen molar-refractivity contribution in [2.75, 3.05) is 18.0 Å². The minimum Gasteiger partial charge on any atom is -0.487 e. The second-order valence-electron chi connectivity index (χ2n) is 5.29. The van der Waals surface area contributed by atoms with Crippen LogP contribution in [0.4, 0.5) is 23.8 Å². The van der Waals surface area contributed by atoms with E-state index in [1.807, 2.05) is 0 Å². The molecule has 1 aromatic heterocycles. The fraction of sp³-hybridized carbons (Fsp3) is 0.250. The number of benzene rings is 1. The number of nitrogens with one attached hydrogen (secondary N) is 1. The Morgan fingerprint density at radius 2 is 2.08 bits per heavy atom. The van der Waals surface area contributed by atoms with Crippen molar-refractivity contribution >= 4 is 23.4 Å². The number of hydrogen-bond acceptors (Lipinski definition) is 3. The molecule has 1 fully saturated rings. The topological polar surface area (TPSA) is 54.5 Å². The van der Waals surface area contributed by atoms with Crippen LogP contribution in [0.1, 0.15) is 11.1 Å². The lowest BCUT2D eigenvalue weighted by atomic mass is 10.1. The van der Waals surface area contributed by atoms with E-state index in [1.54, 1.807) is 6.07 Å². The van der Waals surface area contributed by atoms with Crippen LogP contribution < -0.4 is 15.0 Å². The summed E-state index contributed by atoms with van der Waals surface area (Å²) in [5.41, 5.74) is -0.974. The van der Waals surface area contributed by atoms with E-state index in [4.69, 9.17) is 16.3 Å². The van der Waals surface area contributed by atoms with Gasteiger partial charge in [-0.05, 0) is 24.3 Å². The van der Waals surface area contributed by atoms with Crippen LogP contribution in [-0.4, -0.2) is 24.1 Å². The molecule has 2 aromatic rings. The van der Waals surface area contributed by atoms with Crippen LogP contribution in [0.2, 0.25) is 5.02 Å². The first-order valence-electron chi connectivity index (χ1n) is 7.35. The Morgan fingerprint density at radius 1 is 1.28 bits per heavy atom. The van der Waals surface area contributed by atoms with Gasteiger partial charge in [-0.1, -0.05) is 17.7 Å². The zero-order valence-electron chi connectivity index (χ0n) is 12.8. The van der Waals surface area contributed by atoms with Crippen molar-refractivity contribution in [2.24, 2.45) is 0 Å². The number of nitrogens with zero attached hydrogens (tertiary/aromatic N) is 2. The standard InChI is InChI=1S/C16H13ClF3N3O2/c17-13-3-1-2-12(16(18,19)20)11(13)9-25-10-4-5-14(22-8-10)23-7-6-21-15(23)24/h1-5,8H,6-7,9H2,(H,21,24). The first-order chi connectivity index (χ1) is 11.9. The van der Waals surface area contributed by atoms with Crippen LogP contribution in [0.15, 0.2) is 36.5 Å². The number of carbonyl (C=O) groups excluding carboxylic acids is 1. The van der Waals surface area contributed by atoms with E-state index >= 15 is 0 Å². The molecule has 1 aliphatic rings. The van der Waals surface area contributed by atoms with Crippen LogP contribution in [0.5, 0.6) is 5.75 Å². The predicted octanol–water partition coefficient (Wildman–Crippen LogP) is 3.86. The molecule has 2 amide bonds. The predicted molar refractivity (Wildman–Crippen MR) is 85.8 cm³/mol. The third-order valence-electron chi connectivity index (χ3n) is 3.66. The third-order valence-corrected chi connectivity index (χ3v) is 4.02. The lowest BCUT2D eigenvalue weighted by molar-refractivity contribution is -0.138. The van der Waals surface area contributed by atoms with E-state index < -0.39 is 11.7 Å². The maximum atomic E-state index is 13.0. The van der Waals surface area contributed by atoms with Gasteiger partial charge in [0.2, 0.25) is 0 Å². The molecule has 1 aromatic carbocycles. The maximum absolute atomic E-state index is 13.0. The summed E-state index contributed by atoms with van der Waals surface area (Å²) >= 11 is 5.88. The minimum atomic E-state index is -4.52. The molecule has 1 aliphatic heterocycles. The highest BCUT2D eigenvalue weighted by Crippen LogP contribution is 2.35. The Labute approximate surface area is 146 Å². The van der Waals surface area contributed by atoms with Gasteiger partial charge in [0, 0.05) is 23.7 Å². The summed E-state index contributed by atoms with van der Waals surface area (Å²) in [4.78, 5) is 17.1. The van der Waals surface area contributed by atoms with Crippen molar-refractivity contribution in [2.45, 2.75) is 12.8 Å². The first-order valence-corrected chi connectivity index (χ1v) is 7.73. The Bertz CT molecular complexity index is 781. The number of anilines is 1. The molecule has 5 nitrogen and oxygen atoms in total. The highest BCUT2D eigenvalue weighted by Gasteiger charge is 2.34. The number of aromatic nitrogens is 1. The van der Waals surface area contributed by atoms with Crippen molar-refractivity contribution in [1.29, 1.82) is 0 Å². The van der Waals surface area contributed by atoms with Gasteiger partial charge >= 0.3 is 12.2 Å². The number of alkyl halides is 3. The fourth-order valence-corrected chi connectivity index (χ4v) is 2.66. The molecule has 132 valence electrons. The maximum Gasteiger partial charge on any atom is 0.416 e. The van der Waals surface area contributed by atoms with Gasteiger partial charge in [-0.25, -0.2) is 9.78 Å². The van der Waals surface area contributed by atoms with Crippen molar-refractivity contribution in [3.8, 4) is 5.75 Å². The summed E-state index contributed by atoms with van der Waals surface area (Å²) in [5.74, 6) is 0.715. The smallest absolute Gasteiger partial charge is 0.416 e. The molecular weight excluding hydrogens is 359 g/mol. The van der Waals surface area contributed by atoms with Gasteiger partial charge in [0.1, 0.15) is 18.2 Å². The van der Waals surface area contributed by atoms with E-state index in [2.05, 4.69) is 10.3 Å². The highest BCUT2D eigenvalue weighted by atomic mass is 35.5. The van der Waals surface area contributed by atoms with Gasteiger partial charge in [0.15, 0.2) is 0 Å². The number of urea groups is 1. The second kappa shape index (κ2) is 6.79. The molecular formula is C16H13ClF3N3O2. The zero-order valence-corrected chi connectivity index (χ0v) is 13.6. The lowest BCUT2D eigenvalue weighted by Crippen LogP contribution is -2.28. The Kier molecular flexibility index (Phi) is 4.71. The molecule has 0 unspecified atom stereocenters. The average Bonchev–Trinajstić information content (AvgIpc) is 2.99. The largest absolute Gasteiger partial charge is 0.487 e. The van der Waals surface area contributed by atoms with Crippen LogP contribution in [0.25, 0.3) is 0 Å². The van der Waals surface area contributed by atoms with Crippen molar-refractivity contribution < 1.29 is 22.7 Å². The summed E-state index contributed by atoms with van der Waals surface area (Å²) < 4.78 is 44.5. The summed E-state index contributed by atoms with van der Waals surface area (Å²) in [6.07, 6.45) is -3.17. The molecule has 0 radical (unpaired) electrons. The van der Waals surface area contributed by atoms with Crippen molar-refractivity contribution in [3.63, 3.8) is 0 Å². The molecule has 3 rings (SSSR count). The lowest BCUT2D eigenvalue weighted by Gasteiger charge is -2.16. The Morgan fingerprint density at radius 3 is 2.68 bits per heavy atom. The first kappa shape index (κ1) is 17.3. The van der Waals surface area contributed by atoms with Crippen LogP contribution in [0.3, 0.4) is 0 Å². The van der Waals surface area contributed by atoms with Gasteiger partial charge in [-0.3, -0.25) is 4.90 Å². The second-order valence-corrected chi connectivity index (χ2v) is 5.70. The van der Waals surface area contributed by atoms with Gasteiger partial charge in [0.05, 0.1) is 11.8 Å². The molecule has 0 spiro atoms. The van der Waals surface area contributed by atoms with Gasteiger partial charge in [-0.15, -0.1) is 0 Å². The summed E-state index contributed by atoms with van der Waals surface area (Å²) in [6, 6.07) is 6.44. The summed E-state index contributed by atoms with van der Waals surface area (Å²) in [6.45, 7) is 0.686. The van der Waals surface area contributed by atoms with E-state index in [9.17, 15) is 18.0 Å². The number of rotatable bonds is 4. The van der Waals surface area contributed by atoms with Crippen molar-refractivity contribution in [1.82, 2.24) is 10.3 Å². The number of carbonyl (C=O) groups is 1. The molecule has 0 aliphatic carbocycles. The van der Waals surface area contributed by atoms with Gasteiger partial charge in [-0.2, -0.15) is 13.2 Å². The Balaban J connectivity index is 1.73.